The van der Waals surface area contributed by atoms with Gasteiger partial charge < -0.3 is 10.2 Å². The normalized spacial score (nSPS) is 18.2. The molecule has 1 aliphatic rings. The molecular weight excluding hydrogens is 294 g/mol. The fourth-order valence-electron chi connectivity index (χ4n) is 2.33. The van der Waals surface area contributed by atoms with Crippen LogP contribution in [-0.2, 0) is 0 Å². The smallest absolute Gasteiger partial charge is 0.264 e. The molecule has 1 N–H and O–H groups in total. The number of anilines is 1. The summed E-state index contributed by atoms with van der Waals surface area (Å²) in [4.78, 5) is 18.9. The molecule has 0 bridgehead atoms. The highest BCUT2D eigenvalue weighted by Crippen LogP contribution is 2.24. The van der Waals surface area contributed by atoms with Crippen molar-refractivity contribution in [2.75, 3.05) is 18.4 Å². The van der Waals surface area contributed by atoms with E-state index in [1.54, 1.807) is 24.5 Å². The minimum atomic E-state index is 0.0670. The Bertz CT molecular complexity index is 601. The molecule has 1 saturated heterocycles. The summed E-state index contributed by atoms with van der Waals surface area (Å²) < 4.78 is 0.651. The number of carbonyl (C=O) groups excluding carboxylic acids is 1. The van der Waals surface area contributed by atoms with Crippen LogP contribution in [0.1, 0.15) is 16.1 Å². The van der Waals surface area contributed by atoms with Crippen molar-refractivity contribution in [2.24, 2.45) is 0 Å². The van der Waals surface area contributed by atoms with Crippen molar-refractivity contribution in [1.29, 1.82) is 0 Å². The quantitative estimate of drug-likeness (QED) is 0.947. The van der Waals surface area contributed by atoms with Crippen molar-refractivity contribution in [2.45, 2.75) is 12.5 Å². The largest absolute Gasteiger partial charge is 0.379 e. The first-order valence-electron chi connectivity index (χ1n) is 6.43. The van der Waals surface area contributed by atoms with Crippen molar-refractivity contribution in [3.05, 3.63) is 45.9 Å². The number of pyridine rings is 1. The molecule has 2 aromatic heterocycles. The number of hydrogen-bond acceptors (Lipinski definition) is 4. The third-order valence-corrected chi connectivity index (χ3v) is 4.51. The number of nitrogens with zero attached hydrogens (tertiary/aromatic N) is 2. The predicted octanol–water partition coefficient (Wildman–Crippen LogP) is 3.12. The molecule has 1 fully saturated rings. The average Bonchev–Trinajstić information content (AvgIpc) is 3.08. The van der Waals surface area contributed by atoms with Crippen LogP contribution >= 0.6 is 22.9 Å². The van der Waals surface area contributed by atoms with Crippen molar-refractivity contribution >= 4 is 34.5 Å². The molecule has 1 amide bonds. The molecule has 20 heavy (non-hydrogen) atoms. The van der Waals surface area contributed by atoms with Crippen LogP contribution in [0.4, 0.5) is 5.69 Å². The van der Waals surface area contributed by atoms with Crippen molar-refractivity contribution in [1.82, 2.24) is 9.88 Å². The van der Waals surface area contributed by atoms with E-state index in [9.17, 15) is 4.79 Å². The number of nitrogens with one attached hydrogen (secondary N) is 1. The van der Waals surface area contributed by atoms with Gasteiger partial charge in [-0.1, -0.05) is 11.6 Å². The molecule has 104 valence electrons. The summed E-state index contributed by atoms with van der Waals surface area (Å²) in [6.07, 6.45) is 4.49. The second-order valence-corrected chi connectivity index (χ2v) is 6.44. The standard InChI is InChI=1S/C14H14ClN3OS/c15-13-4-3-12(20-13)14(19)18-7-5-11(9-18)17-10-2-1-6-16-8-10/h1-4,6,8,11,17H,5,7,9H2/t11-/m0/s1. The Morgan fingerprint density at radius 3 is 3.05 bits per heavy atom. The lowest BCUT2D eigenvalue weighted by Crippen LogP contribution is -2.31. The van der Waals surface area contributed by atoms with Crippen LogP contribution in [0.25, 0.3) is 0 Å². The number of likely N-dealkylation sites (tertiary alicyclic amines) is 1. The lowest BCUT2D eigenvalue weighted by molar-refractivity contribution is 0.0796. The molecule has 4 nitrogen and oxygen atoms in total. The average molecular weight is 308 g/mol. The van der Waals surface area contributed by atoms with Gasteiger partial charge in [-0.2, -0.15) is 0 Å². The summed E-state index contributed by atoms with van der Waals surface area (Å²) in [6.45, 7) is 1.48. The zero-order chi connectivity index (χ0) is 13.9. The molecule has 1 atom stereocenters. The monoisotopic (exact) mass is 307 g/mol. The molecule has 0 saturated carbocycles. The molecule has 0 spiro atoms. The van der Waals surface area contributed by atoms with Crippen LogP contribution in [-0.4, -0.2) is 34.9 Å². The zero-order valence-corrected chi connectivity index (χ0v) is 12.3. The number of aromatic nitrogens is 1. The first kappa shape index (κ1) is 13.4. The van der Waals surface area contributed by atoms with Gasteiger partial charge in [-0.15, -0.1) is 11.3 Å². The third kappa shape index (κ3) is 2.94. The molecule has 0 aliphatic carbocycles. The first-order valence-corrected chi connectivity index (χ1v) is 7.63. The SMILES string of the molecule is O=C(c1ccc(Cl)s1)N1CC[C@H](Nc2cccnc2)C1. The van der Waals surface area contributed by atoms with E-state index in [1.165, 1.54) is 11.3 Å². The van der Waals surface area contributed by atoms with Crippen LogP contribution in [0.15, 0.2) is 36.7 Å². The molecule has 3 rings (SSSR count). The predicted molar refractivity (Wildman–Crippen MR) is 81.5 cm³/mol. The van der Waals surface area contributed by atoms with E-state index in [-0.39, 0.29) is 11.9 Å². The van der Waals surface area contributed by atoms with Gasteiger partial charge in [0.1, 0.15) is 0 Å². The number of amides is 1. The molecule has 2 aromatic rings. The maximum absolute atomic E-state index is 12.3. The summed E-state index contributed by atoms with van der Waals surface area (Å²) >= 11 is 7.21. The van der Waals surface area contributed by atoms with E-state index in [0.717, 1.165) is 18.7 Å². The summed E-state index contributed by atoms with van der Waals surface area (Å²) in [6, 6.07) is 7.71. The van der Waals surface area contributed by atoms with Gasteiger partial charge in [-0.05, 0) is 30.7 Å². The minimum Gasteiger partial charge on any atom is -0.379 e. The van der Waals surface area contributed by atoms with Crippen LogP contribution in [0.5, 0.6) is 0 Å². The van der Waals surface area contributed by atoms with E-state index in [0.29, 0.717) is 15.8 Å². The van der Waals surface area contributed by atoms with Gasteiger partial charge in [0.25, 0.3) is 5.91 Å². The zero-order valence-electron chi connectivity index (χ0n) is 10.8. The minimum absolute atomic E-state index is 0.0670. The Morgan fingerprint density at radius 1 is 1.45 bits per heavy atom. The Balaban J connectivity index is 1.61. The highest BCUT2D eigenvalue weighted by Gasteiger charge is 2.27. The Morgan fingerprint density at radius 2 is 2.35 bits per heavy atom. The lowest BCUT2D eigenvalue weighted by atomic mass is 10.2. The van der Waals surface area contributed by atoms with Gasteiger partial charge in [0.2, 0.25) is 0 Å². The first-order chi connectivity index (χ1) is 9.72. The molecular formula is C14H14ClN3OS. The second kappa shape index (κ2) is 5.81. The van der Waals surface area contributed by atoms with Gasteiger partial charge in [-0.25, -0.2) is 0 Å². The van der Waals surface area contributed by atoms with Crippen molar-refractivity contribution < 1.29 is 4.79 Å². The van der Waals surface area contributed by atoms with Crippen molar-refractivity contribution in [3.8, 4) is 0 Å². The Kier molecular flexibility index (Phi) is 3.89. The summed E-state index contributed by atoms with van der Waals surface area (Å²) in [5.41, 5.74) is 0.992. The van der Waals surface area contributed by atoms with E-state index in [4.69, 9.17) is 11.6 Å². The fraction of sp³-hybridized carbons (Fsp3) is 0.286. The summed E-state index contributed by atoms with van der Waals surface area (Å²) in [5.74, 6) is 0.0670. The number of carbonyl (C=O) groups is 1. The molecule has 3 heterocycles. The lowest BCUT2D eigenvalue weighted by Gasteiger charge is -2.16. The topological polar surface area (TPSA) is 45.2 Å². The van der Waals surface area contributed by atoms with Gasteiger partial charge in [0.05, 0.1) is 14.9 Å². The van der Waals surface area contributed by atoms with E-state index >= 15 is 0 Å². The third-order valence-electron chi connectivity index (χ3n) is 3.29. The highest BCUT2D eigenvalue weighted by molar-refractivity contribution is 7.17. The van der Waals surface area contributed by atoms with Crippen LogP contribution in [0.2, 0.25) is 4.34 Å². The highest BCUT2D eigenvalue weighted by atomic mass is 35.5. The summed E-state index contributed by atoms with van der Waals surface area (Å²) in [7, 11) is 0. The Hall–Kier alpha value is -1.59. The summed E-state index contributed by atoms with van der Waals surface area (Å²) in [5, 5.41) is 3.40. The number of hydrogen-bond donors (Lipinski definition) is 1. The van der Waals surface area contributed by atoms with Crippen molar-refractivity contribution in [3.63, 3.8) is 0 Å². The van der Waals surface area contributed by atoms with Gasteiger partial charge in [-0.3, -0.25) is 9.78 Å². The number of rotatable bonds is 3. The van der Waals surface area contributed by atoms with Gasteiger partial charge in [0, 0.05) is 31.5 Å². The molecule has 0 aromatic carbocycles. The van der Waals surface area contributed by atoms with Crippen LogP contribution in [0.3, 0.4) is 0 Å². The molecule has 0 radical (unpaired) electrons. The van der Waals surface area contributed by atoms with E-state index in [2.05, 4.69) is 10.3 Å². The van der Waals surface area contributed by atoms with Crippen LogP contribution in [0, 0.1) is 0 Å². The second-order valence-electron chi connectivity index (χ2n) is 4.73. The molecule has 6 heteroatoms. The maximum Gasteiger partial charge on any atom is 0.264 e. The van der Waals surface area contributed by atoms with Gasteiger partial charge >= 0.3 is 0 Å². The Labute approximate surface area is 126 Å². The van der Waals surface area contributed by atoms with E-state index < -0.39 is 0 Å². The van der Waals surface area contributed by atoms with Gasteiger partial charge in [0.15, 0.2) is 0 Å². The number of thiophene rings is 1. The fourth-order valence-corrected chi connectivity index (χ4v) is 3.34. The number of halogens is 1. The molecule has 0 unspecified atom stereocenters. The van der Waals surface area contributed by atoms with Crippen LogP contribution < -0.4 is 5.32 Å². The molecule has 1 aliphatic heterocycles. The maximum atomic E-state index is 12.3. The van der Waals surface area contributed by atoms with E-state index in [1.807, 2.05) is 17.0 Å².